The molecule has 0 radical (unpaired) electrons. The molecule has 0 heterocycles. The molecule has 0 saturated carbocycles. The third-order valence-corrected chi connectivity index (χ3v) is 6.33. The normalized spacial score (nSPS) is 16.9. The van der Waals surface area contributed by atoms with Gasteiger partial charge in [0.05, 0.1) is 0 Å². The summed E-state index contributed by atoms with van der Waals surface area (Å²) in [5, 5.41) is 3.74. The van der Waals surface area contributed by atoms with Crippen LogP contribution in [0.1, 0.15) is 50.7 Å². The third kappa shape index (κ3) is 4.00. The quantitative estimate of drug-likeness (QED) is 0.565. The van der Waals surface area contributed by atoms with Gasteiger partial charge in [0, 0.05) is 11.4 Å². The number of nitrogens with one attached hydrogen (secondary N) is 1. The molecule has 0 saturated heterocycles. The van der Waals surface area contributed by atoms with Crippen LogP contribution in [0.4, 0.5) is 5.69 Å². The molecule has 2 aliphatic rings. The molecular weight excluding hydrogens is 350 g/mol. The molecule has 2 aromatic carbocycles. The molecule has 2 aliphatic carbocycles. The number of rotatable bonds is 4. The Morgan fingerprint density at radius 1 is 0.793 bits per heavy atom. The minimum absolute atomic E-state index is 1.06. The maximum Gasteiger partial charge on any atom is 0.0417 e. The van der Waals surface area contributed by atoms with E-state index in [2.05, 4.69) is 93.7 Å². The monoisotopic (exact) mass is 381 g/mol. The molecular formula is C28H31N. The zero-order valence-corrected chi connectivity index (χ0v) is 18.1. The van der Waals surface area contributed by atoms with Gasteiger partial charge in [0.25, 0.3) is 0 Å². The second-order valence-corrected chi connectivity index (χ2v) is 8.38. The van der Waals surface area contributed by atoms with Crippen LogP contribution >= 0.6 is 0 Å². The van der Waals surface area contributed by atoms with Crippen molar-refractivity contribution in [1.82, 2.24) is 0 Å². The maximum atomic E-state index is 3.74. The smallest absolute Gasteiger partial charge is 0.0417 e. The summed E-state index contributed by atoms with van der Waals surface area (Å²) in [6.45, 7) is 8.96. The van der Waals surface area contributed by atoms with Gasteiger partial charge in [-0.3, -0.25) is 0 Å². The fraction of sp³-hybridized carbons (Fsp3) is 0.286. The predicted molar refractivity (Wildman–Crippen MR) is 126 cm³/mol. The van der Waals surface area contributed by atoms with E-state index in [4.69, 9.17) is 0 Å². The first-order valence-electron chi connectivity index (χ1n) is 10.7. The predicted octanol–water partition coefficient (Wildman–Crippen LogP) is 8.04. The maximum absolute atomic E-state index is 3.74. The third-order valence-electron chi connectivity index (χ3n) is 6.33. The zero-order valence-electron chi connectivity index (χ0n) is 18.1. The van der Waals surface area contributed by atoms with Gasteiger partial charge in [0.15, 0.2) is 0 Å². The summed E-state index contributed by atoms with van der Waals surface area (Å²) >= 11 is 0. The SMILES string of the molecule is CC1=C(C2=C(C)CCC=C2)CCC(Nc2cccc(-c3ccccc3C)c2C)=C1. The summed E-state index contributed by atoms with van der Waals surface area (Å²) in [6.07, 6.45) is 11.5. The van der Waals surface area contributed by atoms with Crippen LogP contribution in [0.5, 0.6) is 0 Å². The molecule has 0 bridgehead atoms. The fourth-order valence-corrected chi connectivity index (χ4v) is 4.57. The lowest BCUT2D eigenvalue weighted by Gasteiger charge is -2.24. The van der Waals surface area contributed by atoms with Gasteiger partial charge in [-0.25, -0.2) is 0 Å². The average molecular weight is 382 g/mol. The summed E-state index contributed by atoms with van der Waals surface area (Å²) in [4.78, 5) is 0. The zero-order chi connectivity index (χ0) is 20.4. The Kier molecular flexibility index (Phi) is 5.58. The van der Waals surface area contributed by atoms with Crippen LogP contribution in [0.3, 0.4) is 0 Å². The molecule has 0 unspecified atom stereocenters. The molecule has 0 amide bonds. The number of aryl methyl sites for hydroxylation is 1. The topological polar surface area (TPSA) is 12.0 Å². The average Bonchev–Trinajstić information content (AvgIpc) is 2.71. The van der Waals surface area contributed by atoms with E-state index < -0.39 is 0 Å². The Balaban J connectivity index is 1.63. The van der Waals surface area contributed by atoms with Gasteiger partial charge < -0.3 is 5.32 Å². The second-order valence-electron chi connectivity index (χ2n) is 8.38. The summed E-state index contributed by atoms with van der Waals surface area (Å²) in [5.74, 6) is 0. The van der Waals surface area contributed by atoms with Gasteiger partial charge in [-0.1, -0.05) is 54.1 Å². The lowest BCUT2D eigenvalue weighted by Crippen LogP contribution is -2.09. The first kappa shape index (κ1) is 19.5. The van der Waals surface area contributed by atoms with E-state index in [1.54, 1.807) is 0 Å². The highest BCUT2D eigenvalue weighted by molar-refractivity contribution is 5.76. The molecule has 0 fully saturated rings. The van der Waals surface area contributed by atoms with E-state index in [9.17, 15) is 0 Å². The minimum atomic E-state index is 1.06. The number of hydrogen-bond acceptors (Lipinski definition) is 1. The van der Waals surface area contributed by atoms with Crippen LogP contribution in [-0.2, 0) is 0 Å². The second kappa shape index (κ2) is 8.29. The molecule has 1 nitrogen and oxygen atoms in total. The van der Waals surface area contributed by atoms with Crippen molar-refractivity contribution in [3.05, 3.63) is 99.8 Å². The van der Waals surface area contributed by atoms with Crippen LogP contribution in [0, 0.1) is 13.8 Å². The van der Waals surface area contributed by atoms with E-state index in [0.717, 1.165) is 12.8 Å². The van der Waals surface area contributed by atoms with Gasteiger partial charge in [-0.2, -0.15) is 0 Å². The molecule has 0 atom stereocenters. The van der Waals surface area contributed by atoms with Crippen LogP contribution in [-0.4, -0.2) is 0 Å². The van der Waals surface area contributed by atoms with Crippen molar-refractivity contribution >= 4 is 5.69 Å². The van der Waals surface area contributed by atoms with E-state index in [1.807, 2.05) is 0 Å². The van der Waals surface area contributed by atoms with Crippen molar-refractivity contribution in [2.75, 3.05) is 5.32 Å². The van der Waals surface area contributed by atoms with E-state index in [-0.39, 0.29) is 0 Å². The standard InChI is InChI=1S/C28H31N/c1-19-10-5-7-12-24(19)26-17-16-23(18-21(26)3)29-28-15-9-14-27(22(28)4)25-13-8-6-11-20(25)2/h6-9,11-15,18,29H,5,10,16-17H2,1-4H3. The van der Waals surface area contributed by atoms with Crippen LogP contribution in [0.15, 0.2) is 88.7 Å². The summed E-state index contributed by atoms with van der Waals surface area (Å²) < 4.78 is 0. The van der Waals surface area contributed by atoms with Gasteiger partial charge >= 0.3 is 0 Å². The number of anilines is 1. The van der Waals surface area contributed by atoms with Crippen LogP contribution < -0.4 is 5.32 Å². The Morgan fingerprint density at radius 2 is 1.59 bits per heavy atom. The Labute approximate surface area is 175 Å². The van der Waals surface area contributed by atoms with Crippen molar-refractivity contribution in [1.29, 1.82) is 0 Å². The van der Waals surface area contributed by atoms with Gasteiger partial charge in [-0.15, -0.1) is 0 Å². The van der Waals surface area contributed by atoms with Crippen molar-refractivity contribution in [3.63, 3.8) is 0 Å². The highest BCUT2D eigenvalue weighted by atomic mass is 14.9. The Morgan fingerprint density at radius 3 is 2.34 bits per heavy atom. The van der Waals surface area contributed by atoms with E-state index in [1.165, 1.54) is 68.8 Å². The molecule has 0 aromatic heterocycles. The van der Waals surface area contributed by atoms with Crippen LogP contribution in [0.25, 0.3) is 11.1 Å². The molecule has 29 heavy (non-hydrogen) atoms. The summed E-state index contributed by atoms with van der Waals surface area (Å²) in [7, 11) is 0. The van der Waals surface area contributed by atoms with Gasteiger partial charge in [0.1, 0.15) is 0 Å². The van der Waals surface area contributed by atoms with Crippen molar-refractivity contribution < 1.29 is 0 Å². The fourth-order valence-electron chi connectivity index (χ4n) is 4.57. The van der Waals surface area contributed by atoms with Crippen LogP contribution in [0.2, 0.25) is 0 Å². The van der Waals surface area contributed by atoms with Gasteiger partial charge in [-0.05, 0) is 104 Å². The summed E-state index contributed by atoms with van der Waals surface area (Å²) in [6, 6.07) is 15.2. The highest BCUT2D eigenvalue weighted by Crippen LogP contribution is 2.36. The van der Waals surface area contributed by atoms with Crippen molar-refractivity contribution in [2.45, 2.75) is 53.4 Å². The number of hydrogen-bond donors (Lipinski definition) is 1. The Hall–Kier alpha value is -2.80. The molecule has 1 N–H and O–H groups in total. The molecule has 4 rings (SSSR count). The lowest BCUT2D eigenvalue weighted by atomic mass is 9.85. The number of benzene rings is 2. The Bertz CT molecular complexity index is 1060. The molecule has 0 spiro atoms. The lowest BCUT2D eigenvalue weighted by molar-refractivity contribution is 0.875. The first-order chi connectivity index (χ1) is 14.0. The molecule has 1 heteroatoms. The first-order valence-corrected chi connectivity index (χ1v) is 10.7. The molecule has 0 aliphatic heterocycles. The van der Waals surface area contributed by atoms with Crippen molar-refractivity contribution in [3.8, 4) is 11.1 Å². The number of allylic oxidation sites excluding steroid dienone is 8. The summed E-state index contributed by atoms with van der Waals surface area (Å²) in [5.41, 5.74) is 13.7. The highest BCUT2D eigenvalue weighted by Gasteiger charge is 2.17. The largest absolute Gasteiger partial charge is 0.359 e. The van der Waals surface area contributed by atoms with Crippen molar-refractivity contribution in [2.24, 2.45) is 0 Å². The van der Waals surface area contributed by atoms with Gasteiger partial charge in [0.2, 0.25) is 0 Å². The minimum Gasteiger partial charge on any atom is -0.359 e. The van der Waals surface area contributed by atoms with E-state index >= 15 is 0 Å². The van der Waals surface area contributed by atoms with E-state index in [0.29, 0.717) is 0 Å². The molecule has 2 aromatic rings. The molecule has 148 valence electrons.